The number of benzene rings is 2. The second kappa shape index (κ2) is 7.01. The van der Waals surface area contributed by atoms with Crippen molar-refractivity contribution in [2.45, 2.75) is 0 Å². The van der Waals surface area contributed by atoms with Crippen LogP contribution < -0.4 is 0 Å². The van der Waals surface area contributed by atoms with Crippen LogP contribution in [0.3, 0.4) is 0 Å². The highest BCUT2D eigenvalue weighted by Crippen LogP contribution is 2.09. The number of carbonyl (C=O) groups excluding carboxylic acids is 1. The molecule has 2 aromatic carbocycles. The number of hydrogen-bond donors (Lipinski definition) is 1. The van der Waals surface area contributed by atoms with Gasteiger partial charge in [0.15, 0.2) is 5.78 Å². The molecule has 1 N–H and O–H groups in total. The molecule has 0 bridgehead atoms. The predicted octanol–water partition coefficient (Wildman–Crippen LogP) is 3.68. The summed E-state index contributed by atoms with van der Waals surface area (Å²) in [7, 11) is 0. The minimum atomic E-state index is -0.999. The Kier molecular flexibility index (Phi) is 4.83. The van der Waals surface area contributed by atoms with Crippen molar-refractivity contribution in [2.75, 3.05) is 0 Å². The van der Waals surface area contributed by atoms with E-state index in [9.17, 15) is 9.59 Å². The Balaban J connectivity index is 2.06. The fraction of sp³-hybridized carbons (Fsp3) is 0. The molecule has 0 heterocycles. The number of hydrogen-bond acceptors (Lipinski definition) is 2. The fourth-order valence-electron chi connectivity index (χ4n) is 1.76. The van der Waals surface area contributed by atoms with Gasteiger partial charge in [-0.05, 0) is 23.3 Å². The molecule has 3 heteroatoms. The maximum atomic E-state index is 12.0. The summed E-state index contributed by atoms with van der Waals surface area (Å²) in [6.07, 6.45) is 5.83. The smallest absolute Gasteiger partial charge is 0.328 e. The zero-order chi connectivity index (χ0) is 15.1. The lowest BCUT2D eigenvalue weighted by Gasteiger charge is -1.97. The first-order valence-electron chi connectivity index (χ1n) is 6.44. The number of allylic oxidation sites excluding steroid dienone is 1. The van der Waals surface area contributed by atoms with E-state index in [4.69, 9.17) is 5.11 Å². The van der Waals surface area contributed by atoms with Gasteiger partial charge in [0.2, 0.25) is 0 Å². The molecule has 2 aromatic rings. The Morgan fingerprint density at radius 1 is 0.762 bits per heavy atom. The second-order valence-electron chi connectivity index (χ2n) is 4.40. The molecule has 2 rings (SSSR count). The lowest BCUT2D eigenvalue weighted by atomic mass is 10.1. The van der Waals surface area contributed by atoms with Crippen molar-refractivity contribution in [3.8, 4) is 0 Å². The Morgan fingerprint density at radius 3 is 1.95 bits per heavy atom. The monoisotopic (exact) mass is 278 g/mol. The SMILES string of the molecule is O=C(O)C=Cc1ccc(C(=O)C=Cc2ccccc2)cc1. The van der Waals surface area contributed by atoms with Gasteiger partial charge in [-0.3, -0.25) is 4.79 Å². The molecule has 0 aromatic heterocycles. The number of carboxylic acids is 1. The van der Waals surface area contributed by atoms with Gasteiger partial charge in [0.25, 0.3) is 0 Å². The Bertz CT molecular complexity index is 680. The van der Waals surface area contributed by atoms with E-state index in [1.807, 2.05) is 30.3 Å². The lowest BCUT2D eigenvalue weighted by molar-refractivity contribution is -0.131. The van der Waals surface area contributed by atoms with Crippen molar-refractivity contribution in [2.24, 2.45) is 0 Å². The molecule has 3 nitrogen and oxygen atoms in total. The van der Waals surface area contributed by atoms with Gasteiger partial charge in [-0.15, -0.1) is 0 Å². The maximum Gasteiger partial charge on any atom is 0.328 e. The van der Waals surface area contributed by atoms with Crippen LogP contribution >= 0.6 is 0 Å². The standard InChI is InChI=1S/C18H14O3/c19-17(12-8-14-4-2-1-3-5-14)16-10-6-15(7-11-16)9-13-18(20)21/h1-13H,(H,20,21). The van der Waals surface area contributed by atoms with Crippen LogP contribution in [0.25, 0.3) is 12.2 Å². The molecule has 0 aliphatic heterocycles. The van der Waals surface area contributed by atoms with Crippen LogP contribution in [0, 0.1) is 0 Å². The highest BCUT2D eigenvalue weighted by molar-refractivity contribution is 6.06. The summed E-state index contributed by atoms with van der Waals surface area (Å²) in [5.41, 5.74) is 2.27. The third-order valence-corrected chi connectivity index (χ3v) is 2.84. The van der Waals surface area contributed by atoms with E-state index in [0.29, 0.717) is 5.56 Å². The van der Waals surface area contributed by atoms with Gasteiger partial charge in [0, 0.05) is 11.6 Å². The largest absolute Gasteiger partial charge is 0.478 e. The van der Waals surface area contributed by atoms with E-state index >= 15 is 0 Å². The molecule has 0 aliphatic rings. The van der Waals surface area contributed by atoms with E-state index in [0.717, 1.165) is 17.2 Å². The van der Waals surface area contributed by atoms with E-state index in [1.54, 1.807) is 30.3 Å². The number of aliphatic carboxylic acids is 1. The Morgan fingerprint density at radius 2 is 1.33 bits per heavy atom. The molecule has 0 saturated heterocycles. The van der Waals surface area contributed by atoms with Crippen molar-refractivity contribution in [1.82, 2.24) is 0 Å². The van der Waals surface area contributed by atoms with Crippen molar-refractivity contribution in [3.05, 3.63) is 83.4 Å². The minimum Gasteiger partial charge on any atom is -0.478 e. The number of ketones is 1. The fourth-order valence-corrected chi connectivity index (χ4v) is 1.76. The van der Waals surface area contributed by atoms with Crippen LogP contribution in [-0.4, -0.2) is 16.9 Å². The van der Waals surface area contributed by atoms with Crippen molar-refractivity contribution >= 4 is 23.9 Å². The average molecular weight is 278 g/mol. The highest BCUT2D eigenvalue weighted by atomic mass is 16.4. The number of rotatable bonds is 5. The summed E-state index contributed by atoms with van der Waals surface area (Å²) in [6.45, 7) is 0. The molecular weight excluding hydrogens is 264 g/mol. The van der Waals surface area contributed by atoms with Crippen molar-refractivity contribution < 1.29 is 14.7 Å². The van der Waals surface area contributed by atoms with E-state index in [2.05, 4.69) is 0 Å². The summed E-state index contributed by atoms with van der Waals surface area (Å²) < 4.78 is 0. The Labute approximate surface area is 122 Å². The normalized spacial score (nSPS) is 11.0. The van der Waals surface area contributed by atoms with Crippen LogP contribution in [-0.2, 0) is 4.79 Å². The van der Waals surface area contributed by atoms with Crippen LogP contribution in [0.4, 0.5) is 0 Å². The van der Waals surface area contributed by atoms with Gasteiger partial charge in [-0.2, -0.15) is 0 Å². The first kappa shape index (κ1) is 14.5. The molecule has 0 radical (unpaired) electrons. The summed E-state index contributed by atoms with van der Waals surface area (Å²) >= 11 is 0. The first-order valence-corrected chi connectivity index (χ1v) is 6.44. The van der Waals surface area contributed by atoms with Gasteiger partial charge in [0.05, 0.1) is 0 Å². The van der Waals surface area contributed by atoms with Crippen LogP contribution in [0.5, 0.6) is 0 Å². The topological polar surface area (TPSA) is 54.4 Å². The van der Waals surface area contributed by atoms with E-state index in [1.165, 1.54) is 12.2 Å². The molecule has 21 heavy (non-hydrogen) atoms. The van der Waals surface area contributed by atoms with Crippen molar-refractivity contribution in [3.63, 3.8) is 0 Å². The van der Waals surface area contributed by atoms with E-state index in [-0.39, 0.29) is 5.78 Å². The predicted molar refractivity (Wildman–Crippen MR) is 82.9 cm³/mol. The third-order valence-electron chi connectivity index (χ3n) is 2.84. The highest BCUT2D eigenvalue weighted by Gasteiger charge is 2.01. The van der Waals surface area contributed by atoms with Crippen LogP contribution in [0.2, 0.25) is 0 Å². The van der Waals surface area contributed by atoms with Gasteiger partial charge in [-0.1, -0.05) is 60.7 Å². The third kappa shape index (κ3) is 4.58. The van der Waals surface area contributed by atoms with Gasteiger partial charge in [0.1, 0.15) is 0 Å². The summed E-state index contributed by atoms with van der Waals surface area (Å²) in [4.78, 5) is 22.4. The molecule has 0 aliphatic carbocycles. The van der Waals surface area contributed by atoms with Crippen LogP contribution in [0.15, 0.2) is 66.7 Å². The zero-order valence-corrected chi connectivity index (χ0v) is 11.3. The van der Waals surface area contributed by atoms with Gasteiger partial charge in [-0.25, -0.2) is 4.79 Å². The maximum absolute atomic E-state index is 12.0. The molecular formula is C18H14O3. The molecule has 0 fully saturated rings. The second-order valence-corrected chi connectivity index (χ2v) is 4.40. The first-order chi connectivity index (χ1) is 10.1. The van der Waals surface area contributed by atoms with Crippen molar-refractivity contribution in [1.29, 1.82) is 0 Å². The minimum absolute atomic E-state index is 0.0902. The molecule has 0 spiro atoms. The van der Waals surface area contributed by atoms with E-state index < -0.39 is 5.97 Å². The molecule has 0 amide bonds. The quantitative estimate of drug-likeness (QED) is 0.670. The molecule has 0 atom stereocenters. The van der Waals surface area contributed by atoms with Gasteiger partial charge >= 0.3 is 5.97 Å². The zero-order valence-electron chi connectivity index (χ0n) is 11.3. The summed E-state index contributed by atoms with van der Waals surface area (Å²) in [6, 6.07) is 16.4. The lowest BCUT2D eigenvalue weighted by Crippen LogP contribution is -1.93. The Hall–Kier alpha value is -2.94. The number of carbonyl (C=O) groups is 2. The number of carboxylic acid groups (broad SMARTS) is 1. The van der Waals surface area contributed by atoms with Gasteiger partial charge < -0.3 is 5.11 Å². The molecule has 0 saturated carbocycles. The molecule has 0 unspecified atom stereocenters. The average Bonchev–Trinajstić information content (AvgIpc) is 2.52. The van der Waals surface area contributed by atoms with Crippen LogP contribution in [0.1, 0.15) is 21.5 Å². The summed E-state index contributed by atoms with van der Waals surface area (Å²) in [5, 5.41) is 8.55. The summed E-state index contributed by atoms with van der Waals surface area (Å²) in [5.74, 6) is -1.09. The molecule has 104 valence electrons.